The molecule has 86 valence electrons. The number of aliphatic hydroxyl groups excluding tert-OH is 2. The van der Waals surface area contributed by atoms with Gasteiger partial charge in [-0.05, 0) is 6.42 Å². The monoisotopic (exact) mass is 208 g/mol. The smallest absolute Gasteiger partial charge is 0.302 e. The van der Waals surface area contributed by atoms with Gasteiger partial charge in [-0.1, -0.05) is 0 Å². The maximum atomic E-state index is 10.1. The Kier molecular flexibility index (Phi) is 16.8. The van der Waals surface area contributed by atoms with E-state index in [2.05, 4.69) is 4.74 Å². The van der Waals surface area contributed by atoms with Crippen LogP contribution in [0.2, 0.25) is 0 Å². The molecule has 0 atom stereocenters. The maximum Gasteiger partial charge on any atom is 0.302 e. The lowest BCUT2D eigenvalue weighted by Gasteiger charge is -1.98. The normalized spacial score (nSPS) is 8.86. The molecule has 0 heterocycles. The Morgan fingerprint density at radius 2 is 1.71 bits per heavy atom. The molecular weight excluding hydrogens is 188 g/mol. The SMILES string of the molecule is COCCCOC(C)=O.OCCCO. The van der Waals surface area contributed by atoms with Crippen LogP contribution in [0.4, 0.5) is 0 Å². The van der Waals surface area contributed by atoms with E-state index in [0.29, 0.717) is 19.6 Å². The van der Waals surface area contributed by atoms with Crippen molar-refractivity contribution in [1.29, 1.82) is 0 Å². The first-order valence-electron chi connectivity index (χ1n) is 4.53. The summed E-state index contributed by atoms with van der Waals surface area (Å²) in [5, 5.41) is 15.8. The number of carbonyl (C=O) groups excluding carboxylic acids is 1. The van der Waals surface area contributed by atoms with E-state index >= 15 is 0 Å². The molecule has 0 aliphatic carbocycles. The third-order valence-corrected chi connectivity index (χ3v) is 1.11. The summed E-state index contributed by atoms with van der Waals surface area (Å²) in [5.74, 6) is -0.230. The third kappa shape index (κ3) is 22.5. The highest BCUT2D eigenvalue weighted by atomic mass is 16.5. The fourth-order valence-electron chi connectivity index (χ4n) is 0.490. The zero-order valence-electron chi connectivity index (χ0n) is 8.86. The average Bonchev–Trinajstić information content (AvgIpc) is 2.15. The van der Waals surface area contributed by atoms with Crippen LogP contribution < -0.4 is 0 Å². The number of aliphatic hydroxyl groups is 2. The van der Waals surface area contributed by atoms with Crippen LogP contribution >= 0.6 is 0 Å². The van der Waals surface area contributed by atoms with Gasteiger partial charge in [0, 0.05) is 40.3 Å². The van der Waals surface area contributed by atoms with Gasteiger partial charge < -0.3 is 19.7 Å². The highest BCUT2D eigenvalue weighted by Gasteiger charge is 1.90. The zero-order valence-corrected chi connectivity index (χ0v) is 8.86. The van der Waals surface area contributed by atoms with Crippen LogP contribution in [0.1, 0.15) is 19.8 Å². The van der Waals surface area contributed by atoms with Crippen LogP contribution in [-0.4, -0.2) is 49.7 Å². The van der Waals surface area contributed by atoms with Gasteiger partial charge >= 0.3 is 5.97 Å². The topological polar surface area (TPSA) is 76.0 Å². The standard InChI is InChI=1S/C6H12O3.C3H8O2/c1-6(7)9-5-3-4-8-2;4-2-1-3-5/h3-5H2,1-2H3;4-5H,1-3H2. The predicted octanol–water partition coefficient (Wildman–Crippen LogP) is -0.0529. The van der Waals surface area contributed by atoms with Crippen LogP contribution in [0, 0.1) is 0 Å². The lowest BCUT2D eigenvalue weighted by Crippen LogP contribution is -2.02. The first kappa shape index (κ1) is 15.8. The van der Waals surface area contributed by atoms with Gasteiger partial charge in [0.1, 0.15) is 0 Å². The van der Waals surface area contributed by atoms with Gasteiger partial charge in [0.15, 0.2) is 0 Å². The van der Waals surface area contributed by atoms with Crippen molar-refractivity contribution in [3.8, 4) is 0 Å². The molecule has 0 saturated heterocycles. The fourth-order valence-corrected chi connectivity index (χ4v) is 0.490. The number of hydrogen-bond acceptors (Lipinski definition) is 5. The quantitative estimate of drug-likeness (QED) is 0.472. The Hall–Kier alpha value is -0.650. The van der Waals surface area contributed by atoms with Crippen molar-refractivity contribution in [1.82, 2.24) is 0 Å². The molecule has 0 aromatic carbocycles. The molecule has 0 unspecified atom stereocenters. The Balaban J connectivity index is 0. The molecule has 0 aliphatic heterocycles. The molecule has 0 fully saturated rings. The van der Waals surface area contributed by atoms with Crippen molar-refractivity contribution in [2.45, 2.75) is 19.8 Å². The van der Waals surface area contributed by atoms with Crippen molar-refractivity contribution in [2.75, 3.05) is 33.5 Å². The molecule has 0 aliphatic rings. The summed E-state index contributed by atoms with van der Waals surface area (Å²) in [6.45, 7) is 2.69. The largest absolute Gasteiger partial charge is 0.466 e. The van der Waals surface area contributed by atoms with Crippen LogP contribution in [-0.2, 0) is 14.3 Å². The molecule has 0 aromatic rings. The van der Waals surface area contributed by atoms with Crippen LogP contribution in [0.15, 0.2) is 0 Å². The Morgan fingerprint density at radius 1 is 1.14 bits per heavy atom. The zero-order chi connectivity index (χ0) is 11.2. The minimum atomic E-state index is -0.230. The number of ether oxygens (including phenoxy) is 2. The molecule has 5 heteroatoms. The second-order valence-corrected chi connectivity index (χ2v) is 2.49. The van der Waals surface area contributed by atoms with Crippen molar-refractivity contribution >= 4 is 5.97 Å². The number of carbonyl (C=O) groups is 1. The molecule has 5 nitrogen and oxygen atoms in total. The first-order valence-corrected chi connectivity index (χ1v) is 4.53. The van der Waals surface area contributed by atoms with E-state index in [1.807, 2.05) is 0 Å². The summed E-state index contributed by atoms with van der Waals surface area (Å²) in [4.78, 5) is 10.1. The number of hydrogen-bond donors (Lipinski definition) is 2. The lowest BCUT2D eigenvalue weighted by atomic mass is 10.5. The van der Waals surface area contributed by atoms with E-state index in [9.17, 15) is 4.79 Å². The van der Waals surface area contributed by atoms with Gasteiger partial charge in [0.25, 0.3) is 0 Å². The summed E-state index contributed by atoms with van der Waals surface area (Å²) in [5.41, 5.74) is 0. The van der Waals surface area contributed by atoms with E-state index in [1.54, 1.807) is 7.11 Å². The predicted molar refractivity (Wildman–Crippen MR) is 51.9 cm³/mol. The van der Waals surface area contributed by atoms with E-state index in [4.69, 9.17) is 14.9 Å². The minimum absolute atomic E-state index is 0.0938. The van der Waals surface area contributed by atoms with E-state index < -0.39 is 0 Å². The summed E-state index contributed by atoms with van der Waals surface area (Å²) in [7, 11) is 1.62. The molecule has 14 heavy (non-hydrogen) atoms. The summed E-state index contributed by atoms with van der Waals surface area (Å²) < 4.78 is 9.36. The summed E-state index contributed by atoms with van der Waals surface area (Å²) >= 11 is 0. The van der Waals surface area contributed by atoms with Crippen molar-refractivity contribution < 1.29 is 24.5 Å². The molecule has 0 saturated carbocycles. The Labute approximate surface area is 84.6 Å². The molecule has 2 N–H and O–H groups in total. The molecule has 0 rings (SSSR count). The van der Waals surface area contributed by atoms with Gasteiger partial charge in [-0.3, -0.25) is 4.79 Å². The highest BCUT2D eigenvalue weighted by molar-refractivity contribution is 5.65. The highest BCUT2D eigenvalue weighted by Crippen LogP contribution is 1.82. The number of rotatable bonds is 6. The van der Waals surface area contributed by atoms with E-state index in [-0.39, 0.29) is 19.2 Å². The van der Waals surface area contributed by atoms with Gasteiger partial charge in [-0.15, -0.1) is 0 Å². The molecule has 0 aromatic heterocycles. The van der Waals surface area contributed by atoms with E-state index in [0.717, 1.165) is 6.42 Å². The first-order chi connectivity index (χ1) is 6.68. The molecular formula is C9H20O5. The van der Waals surface area contributed by atoms with Gasteiger partial charge in [-0.25, -0.2) is 0 Å². The van der Waals surface area contributed by atoms with E-state index in [1.165, 1.54) is 6.92 Å². The van der Waals surface area contributed by atoms with Crippen LogP contribution in [0.5, 0.6) is 0 Å². The molecule has 0 amide bonds. The van der Waals surface area contributed by atoms with Crippen LogP contribution in [0.3, 0.4) is 0 Å². The molecule has 0 bridgehead atoms. The van der Waals surface area contributed by atoms with Gasteiger partial charge in [-0.2, -0.15) is 0 Å². The summed E-state index contributed by atoms with van der Waals surface area (Å²) in [6, 6.07) is 0. The molecule has 0 spiro atoms. The second-order valence-electron chi connectivity index (χ2n) is 2.49. The minimum Gasteiger partial charge on any atom is -0.466 e. The van der Waals surface area contributed by atoms with Crippen molar-refractivity contribution in [3.05, 3.63) is 0 Å². The number of esters is 1. The average molecular weight is 208 g/mol. The Bertz CT molecular complexity index is 114. The second kappa shape index (κ2) is 14.9. The molecule has 0 radical (unpaired) electrons. The van der Waals surface area contributed by atoms with Gasteiger partial charge in [0.05, 0.1) is 6.61 Å². The fraction of sp³-hybridized carbons (Fsp3) is 0.889. The van der Waals surface area contributed by atoms with Crippen molar-refractivity contribution in [2.24, 2.45) is 0 Å². The lowest BCUT2D eigenvalue weighted by molar-refractivity contribution is -0.141. The summed E-state index contributed by atoms with van der Waals surface area (Å²) in [6.07, 6.45) is 1.27. The van der Waals surface area contributed by atoms with Crippen molar-refractivity contribution in [3.63, 3.8) is 0 Å². The van der Waals surface area contributed by atoms with Crippen LogP contribution in [0.25, 0.3) is 0 Å². The Morgan fingerprint density at radius 3 is 2.00 bits per heavy atom. The number of methoxy groups -OCH3 is 1. The van der Waals surface area contributed by atoms with Gasteiger partial charge in [0.2, 0.25) is 0 Å². The third-order valence-electron chi connectivity index (χ3n) is 1.11. The maximum absolute atomic E-state index is 10.1.